The van der Waals surface area contributed by atoms with Crippen molar-refractivity contribution in [2.24, 2.45) is 0 Å². The molecule has 7 nitrogen and oxygen atoms in total. The normalized spacial score (nSPS) is 16.1. The Balaban J connectivity index is 1.82. The molecule has 110 valence electrons. The lowest BCUT2D eigenvalue weighted by Crippen LogP contribution is -2.48. The molecular weight excluding hydrogens is 264 g/mol. The van der Waals surface area contributed by atoms with Crippen molar-refractivity contribution in [2.45, 2.75) is 13.5 Å². The molecule has 7 heteroatoms. The van der Waals surface area contributed by atoms with Gasteiger partial charge in [-0.3, -0.25) is 4.90 Å². The molecule has 0 radical (unpaired) electrons. The molecule has 0 aromatic carbocycles. The van der Waals surface area contributed by atoms with Crippen LogP contribution in [-0.2, 0) is 11.3 Å². The van der Waals surface area contributed by atoms with Gasteiger partial charge in [0.05, 0.1) is 13.2 Å². The highest BCUT2D eigenvalue weighted by Crippen LogP contribution is 2.13. The Bertz CT molecular complexity index is 477. The second kappa shape index (κ2) is 6.42. The number of hydrogen-bond donors (Lipinski definition) is 1. The maximum Gasteiger partial charge on any atom is 0.409 e. The highest BCUT2D eigenvalue weighted by molar-refractivity contribution is 5.84. The predicted molar refractivity (Wildman–Crippen MR) is 69.5 cm³/mol. The van der Waals surface area contributed by atoms with Crippen molar-refractivity contribution < 1.29 is 23.8 Å². The number of carbonyl (C=O) groups excluding carboxylic acids is 1. The molecule has 1 aromatic heterocycles. The van der Waals surface area contributed by atoms with Crippen LogP contribution in [0.5, 0.6) is 0 Å². The number of carbonyl (C=O) groups is 2. The number of rotatable bonds is 4. The van der Waals surface area contributed by atoms with Crippen molar-refractivity contribution in [3.05, 3.63) is 23.7 Å². The minimum Gasteiger partial charge on any atom is -0.475 e. The lowest BCUT2D eigenvalue weighted by atomic mass is 10.3. The van der Waals surface area contributed by atoms with E-state index in [2.05, 4.69) is 4.90 Å². The van der Waals surface area contributed by atoms with Gasteiger partial charge >= 0.3 is 12.1 Å². The third-order valence-corrected chi connectivity index (χ3v) is 3.15. The van der Waals surface area contributed by atoms with Crippen molar-refractivity contribution in [1.82, 2.24) is 9.80 Å². The highest BCUT2D eigenvalue weighted by atomic mass is 16.6. The van der Waals surface area contributed by atoms with Gasteiger partial charge in [-0.1, -0.05) is 0 Å². The van der Waals surface area contributed by atoms with E-state index in [1.807, 2.05) is 0 Å². The quantitative estimate of drug-likeness (QED) is 0.895. The molecule has 0 aliphatic carbocycles. The second-order valence-corrected chi connectivity index (χ2v) is 4.53. The molecule has 1 aromatic rings. The number of carboxylic acid groups (broad SMARTS) is 1. The van der Waals surface area contributed by atoms with Crippen LogP contribution in [0.3, 0.4) is 0 Å². The van der Waals surface area contributed by atoms with E-state index in [0.717, 1.165) is 0 Å². The summed E-state index contributed by atoms with van der Waals surface area (Å²) in [7, 11) is 0. The highest BCUT2D eigenvalue weighted by Gasteiger charge is 2.22. The smallest absolute Gasteiger partial charge is 0.409 e. The Morgan fingerprint density at radius 3 is 2.55 bits per heavy atom. The Morgan fingerprint density at radius 1 is 1.30 bits per heavy atom. The summed E-state index contributed by atoms with van der Waals surface area (Å²) < 4.78 is 10.2. The maximum atomic E-state index is 11.5. The van der Waals surface area contributed by atoms with E-state index in [1.165, 1.54) is 6.07 Å². The van der Waals surface area contributed by atoms with E-state index in [1.54, 1.807) is 17.9 Å². The molecule has 0 unspecified atom stereocenters. The molecule has 0 bridgehead atoms. The van der Waals surface area contributed by atoms with Gasteiger partial charge in [-0.15, -0.1) is 0 Å². The van der Waals surface area contributed by atoms with Crippen LogP contribution in [0.15, 0.2) is 16.5 Å². The second-order valence-electron chi connectivity index (χ2n) is 4.53. The van der Waals surface area contributed by atoms with Crippen LogP contribution >= 0.6 is 0 Å². The molecule has 1 fully saturated rings. The summed E-state index contributed by atoms with van der Waals surface area (Å²) in [4.78, 5) is 26.0. The monoisotopic (exact) mass is 282 g/mol. The fourth-order valence-electron chi connectivity index (χ4n) is 2.10. The van der Waals surface area contributed by atoms with Gasteiger partial charge in [-0.25, -0.2) is 9.59 Å². The molecule has 2 heterocycles. The number of furan rings is 1. The van der Waals surface area contributed by atoms with Gasteiger partial charge in [0.1, 0.15) is 5.76 Å². The summed E-state index contributed by atoms with van der Waals surface area (Å²) in [6.07, 6.45) is -0.279. The van der Waals surface area contributed by atoms with Crippen LogP contribution in [0, 0.1) is 0 Å². The van der Waals surface area contributed by atoms with E-state index in [-0.39, 0.29) is 11.9 Å². The first kappa shape index (κ1) is 14.4. The van der Waals surface area contributed by atoms with Crippen LogP contribution in [0.1, 0.15) is 23.2 Å². The third kappa shape index (κ3) is 3.51. The fraction of sp³-hybridized carbons (Fsp3) is 0.538. The van der Waals surface area contributed by atoms with Crippen molar-refractivity contribution in [2.75, 3.05) is 32.8 Å². The van der Waals surface area contributed by atoms with E-state index in [0.29, 0.717) is 45.1 Å². The van der Waals surface area contributed by atoms with E-state index in [9.17, 15) is 9.59 Å². The Morgan fingerprint density at radius 2 is 2.00 bits per heavy atom. The molecule has 1 aliphatic rings. The first-order valence-electron chi connectivity index (χ1n) is 6.56. The van der Waals surface area contributed by atoms with Gasteiger partial charge < -0.3 is 19.2 Å². The fourth-order valence-corrected chi connectivity index (χ4v) is 2.10. The minimum absolute atomic E-state index is 0.0508. The first-order valence-corrected chi connectivity index (χ1v) is 6.56. The summed E-state index contributed by atoms with van der Waals surface area (Å²) in [6.45, 7) is 5.33. The molecule has 2 rings (SSSR count). The van der Waals surface area contributed by atoms with Crippen molar-refractivity contribution in [3.8, 4) is 0 Å². The number of aromatic carboxylic acids is 1. The SMILES string of the molecule is CCOC(=O)N1CCN(Cc2ccc(C(=O)O)o2)CC1. The van der Waals surface area contributed by atoms with Gasteiger partial charge in [0.2, 0.25) is 5.76 Å². The van der Waals surface area contributed by atoms with Crippen molar-refractivity contribution >= 4 is 12.1 Å². The third-order valence-electron chi connectivity index (χ3n) is 3.15. The topological polar surface area (TPSA) is 83.2 Å². The zero-order chi connectivity index (χ0) is 14.5. The predicted octanol–water partition coefficient (Wildman–Crippen LogP) is 1.25. The van der Waals surface area contributed by atoms with E-state index >= 15 is 0 Å². The Kier molecular flexibility index (Phi) is 4.62. The average Bonchev–Trinajstić information content (AvgIpc) is 2.88. The number of piperazine rings is 1. The molecule has 20 heavy (non-hydrogen) atoms. The zero-order valence-electron chi connectivity index (χ0n) is 11.4. The van der Waals surface area contributed by atoms with Gasteiger partial charge in [-0.05, 0) is 19.1 Å². The molecule has 0 spiro atoms. The Labute approximate surface area is 116 Å². The van der Waals surface area contributed by atoms with Gasteiger partial charge in [-0.2, -0.15) is 0 Å². The molecule has 0 saturated carbocycles. The largest absolute Gasteiger partial charge is 0.475 e. The lowest BCUT2D eigenvalue weighted by molar-refractivity contribution is 0.0646. The van der Waals surface area contributed by atoms with Crippen LogP contribution in [0.4, 0.5) is 4.79 Å². The summed E-state index contributed by atoms with van der Waals surface area (Å²) in [5.74, 6) is -0.500. The van der Waals surface area contributed by atoms with E-state index < -0.39 is 5.97 Å². The van der Waals surface area contributed by atoms with Crippen molar-refractivity contribution in [3.63, 3.8) is 0 Å². The van der Waals surface area contributed by atoms with Crippen LogP contribution in [0.25, 0.3) is 0 Å². The van der Waals surface area contributed by atoms with Crippen LogP contribution in [0.2, 0.25) is 0 Å². The zero-order valence-corrected chi connectivity index (χ0v) is 11.4. The number of ether oxygens (including phenoxy) is 1. The molecule has 1 aliphatic heterocycles. The average molecular weight is 282 g/mol. The molecule has 0 atom stereocenters. The number of carboxylic acids is 1. The lowest BCUT2D eigenvalue weighted by Gasteiger charge is -2.33. The summed E-state index contributed by atoms with van der Waals surface area (Å²) in [6, 6.07) is 3.12. The molecular formula is C13H18N2O5. The van der Waals surface area contributed by atoms with Crippen molar-refractivity contribution in [1.29, 1.82) is 0 Å². The Hall–Kier alpha value is -2.02. The summed E-state index contributed by atoms with van der Waals surface area (Å²) in [5.41, 5.74) is 0. The number of amides is 1. The molecule has 1 saturated heterocycles. The van der Waals surface area contributed by atoms with Crippen LogP contribution < -0.4 is 0 Å². The molecule has 1 N–H and O–H groups in total. The number of hydrogen-bond acceptors (Lipinski definition) is 5. The maximum absolute atomic E-state index is 11.5. The minimum atomic E-state index is -1.07. The van der Waals surface area contributed by atoms with E-state index in [4.69, 9.17) is 14.3 Å². The first-order chi connectivity index (χ1) is 9.60. The standard InChI is InChI=1S/C13H18N2O5/c1-2-19-13(18)15-7-5-14(6-8-15)9-10-3-4-11(20-10)12(16)17/h3-4H,2,5-9H2,1H3,(H,16,17). The van der Waals surface area contributed by atoms with Gasteiger partial charge in [0.25, 0.3) is 0 Å². The van der Waals surface area contributed by atoms with Crippen LogP contribution in [-0.4, -0.2) is 59.8 Å². The summed E-state index contributed by atoms with van der Waals surface area (Å²) >= 11 is 0. The number of nitrogens with zero attached hydrogens (tertiary/aromatic N) is 2. The summed E-state index contributed by atoms with van der Waals surface area (Å²) in [5, 5.41) is 8.78. The molecule has 1 amide bonds. The van der Waals surface area contributed by atoms with Gasteiger partial charge in [0, 0.05) is 26.2 Å². The van der Waals surface area contributed by atoms with Gasteiger partial charge in [0.15, 0.2) is 0 Å².